The summed E-state index contributed by atoms with van der Waals surface area (Å²) in [6.07, 6.45) is -3.54. The number of nitrogens with zero attached hydrogens (tertiary/aromatic N) is 1. The molecule has 0 radical (unpaired) electrons. The first-order valence-corrected chi connectivity index (χ1v) is 7.11. The van der Waals surface area contributed by atoms with Gasteiger partial charge in [-0.25, -0.2) is 0 Å². The van der Waals surface area contributed by atoms with Crippen LogP contribution in [0, 0.1) is 5.92 Å². The predicted octanol–water partition coefficient (Wildman–Crippen LogP) is 3.02. The van der Waals surface area contributed by atoms with Crippen molar-refractivity contribution in [3.8, 4) is 5.75 Å². The number of nitrogens with one attached hydrogen (secondary N) is 1. The fourth-order valence-corrected chi connectivity index (χ4v) is 2.86. The molecule has 0 spiro atoms. The highest BCUT2D eigenvalue weighted by Gasteiger charge is 2.31. The zero-order valence-electron chi connectivity index (χ0n) is 12.3. The summed E-state index contributed by atoms with van der Waals surface area (Å²) in [6, 6.07) is 6.66. The van der Waals surface area contributed by atoms with E-state index in [4.69, 9.17) is 0 Å². The first-order chi connectivity index (χ1) is 9.87. The third-order valence-electron chi connectivity index (χ3n) is 3.92. The van der Waals surface area contributed by atoms with Gasteiger partial charge in [0.2, 0.25) is 0 Å². The van der Waals surface area contributed by atoms with Gasteiger partial charge in [-0.05, 0) is 43.6 Å². The Balaban J connectivity index is 1.89. The van der Waals surface area contributed by atoms with Gasteiger partial charge in [0.05, 0.1) is 0 Å². The topological polar surface area (TPSA) is 24.5 Å². The van der Waals surface area contributed by atoms with Gasteiger partial charge in [0.25, 0.3) is 0 Å². The largest absolute Gasteiger partial charge is 0.573 e. The monoisotopic (exact) mass is 302 g/mol. The molecule has 0 saturated carbocycles. The Kier molecular flexibility index (Phi) is 5.11. The Morgan fingerprint density at radius 2 is 1.95 bits per heavy atom. The number of benzene rings is 1. The summed E-state index contributed by atoms with van der Waals surface area (Å²) in [4.78, 5) is 2.33. The third-order valence-corrected chi connectivity index (χ3v) is 3.92. The Bertz CT molecular complexity index is 447. The van der Waals surface area contributed by atoms with Crippen molar-refractivity contribution in [3.63, 3.8) is 0 Å². The molecule has 1 aromatic rings. The summed E-state index contributed by atoms with van der Waals surface area (Å²) in [5, 5.41) is 3.32. The Morgan fingerprint density at radius 3 is 2.48 bits per heavy atom. The highest BCUT2D eigenvalue weighted by atomic mass is 19.4. The quantitative estimate of drug-likeness (QED) is 0.925. The summed E-state index contributed by atoms with van der Waals surface area (Å²) < 4.78 is 40.1. The lowest BCUT2D eigenvalue weighted by atomic mass is 9.94. The number of rotatable bonds is 4. The second kappa shape index (κ2) is 6.66. The molecule has 21 heavy (non-hydrogen) atoms. The van der Waals surface area contributed by atoms with Crippen molar-refractivity contribution in [2.75, 3.05) is 20.1 Å². The van der Waals surface area contributed by atoms with E-state index < -0.39 is 6.36 Å². The molecular weight excluding hydrogens is 281 g/mol. The maximum atomic E-state index is 12.1. The van der Waals surface area contributed by atoms with Crippen LogP contribution >= 0.6 is 0 Å². The van der Waals surface area contributed by atoms with E-state index in [1.165, 1.54) is 12.1 Å². The molecule has 1 saturated heterocycles. The smallest absolute Gasteiger partial charge is 0.406 e. The zero-order chi connectivity index (χ0) is 15.5. The van der Waals surface area contributed by atoms with Crippen LogP contribution in [0.15, 0.2) is 24.3 Å². The van der Waals surface area contributed by atoms with E-state index in [1.807, 2.05) is 7.05 Å². The van der Waals surface area contributed by atoms with Gasteiger partial charge < -0.3 is 10.1 Å². The normalized spacial score (nSPS) is 24.0. The second-order valence-electron chi connectivity index (χ2n) is 5.59. The van der Waals surface area contributed by atoms with Crippen molar-refractivity contribution < 1.29 is 17.9 Å². The molecule has 2 unspecified atom stereocenters. The molecule has 6 heteroatoms. The molecule has 0 amide bonds. The number of likely N-dealkylation sites (tertiary alicyclic amines) is 1. The molecule has 3 nitrogen and oxygen atoms in total. The fourth-order valence-electron chi connectivity index (χ4n) is 2.86. The van der Waals surface area contributed by atoms with E-state index in [-0.39, 0.29) is 5.75 Å². The lowest BCUT2D eigenvalue weighted by Crippen LogP contribution is -2.46. The van der Waals surface area contributed by atoms with Crippen molar-refractivity contribution in [2.24, 2.45) is 5.92 Å². The number of hydrogen-bond acceptors (Lipinski definition) is 3. The zero-order valence-corrected chi connectivity index (χ0v) is 12.3. The molecule has 0 bridgehead atoms. The first kappa shape index (κ1) is 16.1. The van der Waals surface area contributed by atoms with Gasteiger partial charge in [0.1, 0.15) is 5.75 Å². The predicted molar refractivity (Wildman–Crippen MR) is 75.0 cm³/mol. The average Bonchev–Trinajstić information content (AvgIpc) is 2.40. The van der Waals surface area contributed by atoms with Crippen LogP contribution in [-0.4, -0.2) is 37.4 Å². The number of alkyl halides is 3. The van der Waals surface area contributed by atoms with Crippen LogP contribution in [0.1, 0.15) is 18.9 Å². The Hall–Kier alpha value is -1.27. The van der Waals surface area contributed by atoms with E-state index in [2.05, 4.69) is 21.9 Å². The van der Waals surface area contributed by atoms with Gasteiger partial charge in [0.15, 0.2) is 0 Å². The van der Waals surface area contributed by atoms with Crippen LogP contribution in [-0.2, 0) is 6.54 Å². The van der Waals surface area contributed by atoms with Crippen molar-refractivity contribution in [1.82, 2.24) is 10.2 Å². The van der Waals surface area contributed by atoms with Gasteiger partial charge in [-0.1, -0.05) is 19.1 Å². The van der Waals surface area contributed by atoms with E-state index in [0.29, 0.717) is 12.0 Å². The van der Waals surface area contributed by atoms with Crippen LogP contribution in [0.2, 0.25) is 0 Å². The molecule has 2 rings (SSSR count). The molecule has 2 atom stereocenters. The van der Waals surface area contributed by atoms with Crippen LogP contribution in [0.5, 0.6) is 5.75 Å². The second-order valence-corrected chi connectivity index (χ2v) is 5.59. The number of halogens is 3. The number of hydrogen-bond donors (Lipinski definition) is 1. The highest BCUT2D eigenvalue weighted by molar-refractivity contribution is 5.27. The maximum Gasteiger partial charge on any atom is 0.573 e. The fraction of sp³-hybridized carbons (Fsp3) is 0.600. The van der Waals surface area contributed by atoms with Crippen molar-refractivity contribution >= 4 is 0 Å². The molecule has 1 heterocycles. The van der Waals surface area contributed by atoms with Gasteiger partial charge >= 0.3 is 6.36 Å². The third kappa shape index (κ3) is 4.89. The SMILES string of the molecule is CNC1CCN(Cc2ccc(OC(F)(F)F)cc2)CC1C. The summed E-state index contributed by atoms with van der Waals surface area (Å²) >= 11 is 0. The minimum Gasteiger partial charge on any atom is -0.406 e. The summed E-state index contributed by atoms with van der Waals surface area (Å²) in [7, 11) is 1.98. The number of ether oxygens (including phenoxy) is 1. The lowest BCUT2D eigenvalue weighted by molar-refractivity contribution is -0.274. The minimum atomic E-state index is -4.63. The van der Waals surface area contributed by atoms with Crippen molar-refractivity contribution in [1.29, 1.82) is 0 Å². The molecule has 118 valence electrons. The van der Waals surface area contributed by atoms with Gasteiger partial charge in [-0.2, -0.15) is 0 Å². The molecule has 1 N–H and O–H groups in total. The van der Waals surface area contributed by atoms with Crippen LogP contribution in [0.25, 0.3) is 0 Å². The molecular formula is C15H21F3N2O. The molecule has 0 aromatic heterocycles. The lowest BCUT2D eigenvalue weighted by Gasteiger charge is -2.36. The summed E-state index contributed by atoms with van der Waals surface area (Å²) in [5.74, 6) is 0.394. The maximum absolute atomic E-state index is 12.1. The molecule has 0 aliphatic carbocycles. The summed E-state index contributed by atoms with van der Waals surface area (Å²) in [5.41, 5.74) is 1.000. The van der Waals surface area contributed by atoms with E-state index >= 15 is 0 Å². The summed E-state index contributed by atoms with van der Waals surface area (Å²) in [6.45, 7) is 4.96. The standard InChI is InChI=1S/C15H21F3N2O/c1-11-9-20(8-7-14(11)19-2)10-12-3-5-13(6-4-12)21-15(16,17)18/h3-6,11,14,19H,7-10H2,1-2H3. The van der Waals surface area contributed by atoms with Gasteiger partial charge in [-0.15, -0.1) is 13.2 Å². The molecule has 1 aliphatic rings. The van der Waals surface area contributed by atoms with Crippen molar-refractivity contribution in [2.45, 2.75) is 32.3 Å². The highest BCUT2D eigenvalue weighted by Crippen LogP contribution is 2.24. The van der Waals surface area contributed by atoms with E-state index in [0.717, 1.165) is 31.6 Å². The van der Waals surface area contributed by atoms with Gasteiger partial charge in [-0.3, -0.25) is 4.90 Å². The van der Waals surface area contributed by atoms with E-state index in [9.17, 15) is 13.2 Å². The minimum absolute atomic E-state index is 0.173. The average molecular weight is 302 g/mol. The van der Waals surface area contributed by atoms with Crippen LogP contribution < -0.4 is 10.1 Å². The molecule has 1 fully saturated rings. The van der Waals surface area contributed by atoms with Crippen LogP contribution in [0.3, 0.4) is 0 Å². The first-order valence-electron chi connectivity index (χ1n) is 7.11. The van der Waals surface area contributed by atoms with Gasteiger partial charge in [0, 0.05) is 19.1 Å². The Labute approximate surface area is 123 Å². The molecule has 1 aliphatic heterocycles. The molecule has 1 aromatic carbocycles. The van der Waals surface area contributed by atoms with Crippen molar-refractivity contribution in [3.05, 3.63) is 29.8 Å². The Morgan fingerprint density at radius 1 is 1.29 bits per heavy atom. The van der Waals surface area contributed by atoms with E-state index in [1.54, 1.807) is 12.1 Å². The number of piperidine rings is 1. The van der Waals surface area contributed by atoms with Crippen LogP contribution in [0.4, 0.5) is 13.2 Å².